The van der Waals surface area contributed by atoms with Crippen molar-refractivity contribution in [1.82, 2.24) is 0 Å². The van der Waals surface area contributed by atoms with Crippen LogP contribution in [0.2, 0.25) is 0 Å². The van der Waals surface area contributed by atoms with Crippen molar-refractivity contribution in [2.24, 2.45) is 0 Å². The van der Waals surface area contributed by atoms with E-state index in [0.717, 1.165) is 12.8 Å². The van der Waals surface area contributed by atoms with E-state index in [9.17, 15) is 14.9 Å². The summed E-state index contributed by atoms with van der Waals surface area (Å²) < 4.78 is 22.6. The molecule has 1 aliphatic carbocycles. The van der Waals surface area contributed by atoms with Crippen molar-refractivity contribution in [1.29, 1.82) is 0 Å². The summed E-state index contributed by atoms with van der Waals surface area (Å²) in [4.78, 5) is 22.8. The maximum atomic E-state index is 12.0. The molecule has 0 amide bonds. The molecule has 0 N–H and O–H groups in total. The first-order chi connectivity index (χ1) is 12.1. The zero-order chi connectivity index (χ0) is 19.3. The summed E-state index contributed by atoms with van der Waals surface area (Å²) in [7, 11) is 0.342. The Bertz CT molecular complexity index is 742. The molecule has 1 aliphatic heterocycles. The Kier molecular flexibility index (Phi) is 4.48. The third-order valence-electron chi connectivity index (χ3n) is 5.06. The second-order valence-electron chi connectivity index (χ2n) is 7.56. The molecule has 3 rings (SSSR count). The lowest BCUT2D eigenvalue weighted by Crippen LogP contribution is -2.41. The van der Waals surface area contributed by atoms with Crippen molar-refractivity contribution in [2.75, 3.05) is 7.11 Å². The molecular formula is C17H22BNO7. The first-order valence-electron chi connectivity index (χ1n) is 8.48. The summed E-state index contributed by atoms with van der Waals surface area (Å²) in [5.41, 5.74) is -1.35. The average Bonchev–Trinajstić information content (AvgIpc) is 3.32. The number of hydrogen-bond acceptors (Lipinski definition) is 7. The van der Waals surface area contributed by atoms with Crippen LogP contribution in [0.5, 0.6) is 5.75 Å². The van der Waals surface area contributed by atoms with E-state index in [4.69, 9.17) is 14.0 Å². The molecule has 0 spiro atoms. The molecule has 0 aromatic heterocycles. The van der Waals surface area contributed by atoms with E-state index >= 15 is 0 Å². The van der Waals surface area contributed by atoms with Crippen LogP contribution >= 0.6 is 0 Å². The Labute approximate surface area is 152 Å². The van der Waals surface area contributed by atoms with Gasteiger partial charge in [-0.05, 0) is 40.5 Å². The average molecular weight is 363 g/mol. The van der Waals surface area contributed by atoms with E-state index in [1.54, 1.807) is 0 Å². The molecule has 1 aromatic rings. The molecule has 8 nitrogen and oxygen atoms in total. The smallest absolute Gasteiger partial charge is 0.491 e. The van der Waals surface area contributed by atoms with Crippen molar-refractivity contribution in [3.63, 3.8) is 0 Å². The Morgan fingerprint density at radius 3 is 2.27 bits per heavy atom. The highest BCUT2D eigenvalue weighted by Crippen LogP contribution is 2.38. The van der Waals surface area contributed by atoms with Crippen LogP contribution < -0.4 is 10.2 Å². The molecule has 0 atom stereocenters. The highest BCUT2D eigenvalue weighted by Gasteiger charge is 2.53. The standard InChI is InChI=1S/C17H22BNO7/c1-16(2)17(3,4)26-18(25-16)12-9-13(19(21)22)11(15(20)23-5)8-14(12)24-10-6-7-10/h8-10H,6-7H2,1-5H3. The minimum absolute atomic E-state index is 0.0307. The normalized spacial score (nSPS) is 20.7. The van der Waals surface area contributed by atoms with Crippen LogP contribution in [0.4, 0.5) is 5.69 Å². The molecule has 2 aliphatic rings. The Morgan fingerprint density at radius 1 is 1.23 bits per heavy atom. The lowest BCUT2D eigenvalue weighted by Gasteiger charge is -2.32. The van der Waals surface area contributed by atoms with E-state index in [1.807, 2.05) is 27.7 Å². The van der Waals surface area contributed by atoms with Crippen LogP contribution in [0, 0.1) is 10.1 Å². The Morgan fingerprint density at radius 2 is 1.81 bits per heavy atom. The van der Waals surface area contributed by atoms with E-state index in [2.05, 4.69) is 4.74 Å². The zero-order valence-corrected chi connectivity index (χ0v) is 15.5. The van der Waals surface area contributed by atoms with Crippen molar-refractivity contribution in [3.05, 3.63) is 27.8 Å². The van der Waals surface area contributed by atoms with Gasteiger partial charge in [0.1, 0.15) is 11.3 Å². The van der Waals surface area contributed by atoms with Gasteiger partial charge in [0.25, 0.3) is 5.69 Å². The largest absolute Gasteiger partial charge is 0.498 e. The van der Waals surface area contributed by atoms with Gasteiger partial charge >= 0.3 is 13.1 Å². The van der Waals surface area contributed by atoms with Gasteiger partial charge in [0.2, 0.25) is 0 Å². The number of ether oxygens (including phenoxy) is 2. The van der Waals surface area contributed by atoms with Crippen molar-refractivity contribution in [3.8, 4) is 5.75 Å². The van der Waals surface area contributed by atoms with Crippen LogP contribution in [-0.4, -0.2) is 42.4 Å². The summed E-state index contributed by atoms with van der Waals surface area (Å²) in [6.07, 6.45) is 1.82. The van der Waals surface area contributed by atoms with Crippen molar-refractivity contribution < 1.29 is 28.5 Å². The van der Waals surface area contributed by atoms with Gasteiger partial charge in [-0.1, -0.05) is 0 Å². The predicted octanol–water partition coefficient (Wildman–Crippen LogP) is 2.22. The molecule has 0 unspecified atom stereocenters. The Balaban J connectivity index is 2.09. The van der Waals surface area contributed by atoms with Crippen molar-refractivity contribution >= 4 is 24.2 Å². The highest BCUT2D eigenvalue weighted by molar-refractivity contribution is 6.63. The van der Waals surface area contributed by atoms with Crippen LogP contribution in [0.3, 0.4) is 0 Å². The number of nitrogens with zero attached hydrogens (tertiary/aromatic N) is 1. The summed E-state index contributed by atoms with van der Waals surface area (Å²) in [5.74, 6) is -0.449. The molecule has 1 heterocycles. The van der Waals surface area contributed by atoms with Crippen molar-refractivity contribution in [2.45, 2.75) is 57.8 Å². The van der Waals surface area contributed by atoms with E-state index in [0.29, 0.717) is 11.2 Å². The fourth-order valence-electron chi connectivity index (χ4n) is 2.63. The third kappa shape index (κ3) is 3.28. The first-order valence-corrected chi connectivity index (χ1v) is 8.48. The van der Waals surface area contributed by atoms with Gasteiger partial charge in [-0.3, -0.25) is 10.1 Å². The summed E-state index contributed by atoms with van der Waals surface area (Å²) in [5, 5.41) is 11.5. The number of rotatable bonds is 5. The molecule has 2 fully saturated rings. The lowest BCUT2D eigenvalue weighted by atomic mass is 9.77. The Hall–Kier alpha value is -2.13. The van der Waals surface area contributed by atoms with Gasteiger partial charge in [0.15, 0.2) is 0 Å². The maximum Gasteiger partial charge on any atom is 0.498 e. The summed E-state index contributed by atoms with van der Waals surface area (Å²) in [6, 6.07) is 2.63. The molecule has 0 radical (unpaired) electrons. The van der Waals surface area contributed by atoms with Gasteiger partial charge in [0.05, 0.1) is 29.3 Å². The minimum Gasteiger partial charge on any atom is -0.491 e. The van der Waals surface area contributed by atoms with E-state index in [1.165, 1.54) is 19.2 Å². The SMILES string of the molecule is COC(=O)c1cc(OC2CC2)c(B2OC(C)(C)C(C)(C)O2)cc1[N+](=O)[O-]. The van der Waals surface area contributed by atoms with Gasteiger partial charge in [-0.25, -0.2) is 4.79 Å². The summed E-state index contributed by atoms with van der Waals surface area (Å²) >= 11 is 0. The van der Waals surface area contributed by atoms with Crippen LogP contribution in [0.25, 0.3) is 0 Å². The number of carbonyl (C=O) groups is 1. The van der Waals surface area contributed by atoms with E-state index in [-0.39, 0.29) is 17.4 Å². The van der Waals surface area contributed by atoms with Gasteiger partial charge in [-0.15, -0.1) is 0 Å². The molecule has 9 heteroatoms. The summed E-state index contributed by atoms with van der Waals surface area (Å²) in [6.45, 7) is 7.58. The zero-order valence-electron chi connectivity index (χ0n) is 15.5. The lowest BCUT2D eigenvalue weighted by molar-refractivity contribution is -0.385. The number of nitro benzene ring substituents is 1. The fraction of sp³-hybridized carbons (Fsp3) is 0.588. The molecule has 1 saturated carbocycles. The number of methoxy groups -OCH3 is 1. The van der Waals surface area contributed by atoms with Gasteiger partial charge in [0, 0.05) is 17.6 Å². The monoisotopic (exact) mass is 363 g/mol. The van der Waals surface area contributed by atoms with Crippen LogP contribution in [0.1, 0.15) is 50.9 Å². The number of benzene rings is 1. The molecular weight excluding hydrogens is 341 g/mol. The minimum atomic E-state index is -0.834. The van der Waals surface area contributed by atoms with Crippen LogP contribution in [-0.2, 0) is 14.0 Å². The molecule has 1 saturated heterocycles. The number of carbonyl (C=O) groups excluding carboxylic acids is 1. The van der Waals surface area contributed by atoms with E-state index < -0.39 is 29.2 Å². The molecule has 140 valence electrons. The fourth-order valence-corrected chi connectivity index (χ4v) is 2.63. The van der Waals surface area contributed by atoms with Gasteiger partial charge in [-0.2, -0.15) is 0 Å². The second kappa shape index (κ2) is 6.24. The number of nitro groups is 1. The third-order valence-corrected chi connectivity index (χ3v) is 5.06. The van der Waals surface area contributed by atoms with Crippen LogP contribution in [0.15, 0.2) is 12.1 Å². The van der Waals surface area contributed by atoms with Gasteiger partial charge < -0.3 is 18.8 Å². The number of esters is 1. The molecule has 0 bridgehead atoms. The topological polar surface area (TPSA) is 97.1 Å². The molecule has 1 aromatic carbocycles. The predicted molar refractivity (Wildman–Crippen MR) is 93.8 cm³/mol. The maximum absolute atomic E-state index is 12.0. The number of hydrogen-bond donors (Lipinski definition) is 0. The quantitative estimate of drug-likeness (QED) is 0.342. The second-order valence-corrected chi connectivity index (χ2v) is 7.56. The first kappa shape index (κ1) is 18.7. The highest BCUT2D eigenvalue weighted by atomic mass is 16.7. The molecule has 26 heavy (non-hydrogen) atoms.